The standard InChI is InChI=1S/C24H23N3O4S/c1-15-10-21(16(2)27(15)18-8-6-5-7-9-18)22(28)14-32-24-26-25-23(31-24)17-11-19(29-3)13-20(12-17)30-4/h5-13H,14H2,1-4H3. The summed E-state index contributed by atoms with van der Waals surface area (Å²) in [4.78, 5) is 12.9. The summed E-state index contributed by atoms with van der Waals surface area (Å²) in [6.45, 7) is 3.95. The molecule has 0 saturated carbocycles. The van der Waals surface area contributed by atoms with E-state index < -0.39 is 0 Å². The van der Waals surface area contributed by atoms with Gasteiger partial charge in [0.2, 0.25) is 5.89 Å². The predicted molar refractivity (Wildman–Crippen MR) is 123 cm³/mol. The van der Waals surface area contributed by atoms with Gasteiger partial charge in [-0.1, -0.05) is 30.0 Å². The average Bonchev–Trinajstić information content (AvgIpc) is 3.41. The summed E-state index contributed by atoms with van der Waals surface area (Å²) in [5.41, 5.74) is 4.32. The second-order valence-electron chi connectivity index (χ2n) is 7.14. The van der Waals surface area contributed by atoms with Crippen molar-refractivity contribution >= 4 is 17.5 Å². The minimum absolute atomic E-state index is 0.00748. The molecule has 0 bridgehead atoms. The number of rotatable bonds is 8. The topological polar surface area (TPSA) is 79.4 Å². The molecule has 4 rings (SSSR count). The van der Waals surface area contributed by atoms with Crippen molar-refractivity contribution in [2.24, 2.45) is 0 Å². The number of aryl methyl sites for hydroxylation is 1. The van der Waals surface area contributed by atoms with Crippen LogP contribution in [-0.2, 0) is 0 Å². The lowest BCUT2D eigenvalue weighted by Crippen LogP contribution is -2.05. The summed E-state index contributed by atoms with van der Waals surface area (Å²) < 4.78 is 18.4. The molecule has 0 unspecified atom stereocenters. The number of Topliss-reactive ketones (excluding diaryl/α,β-unsaturated/α-hetero) is 1. The Morgan fingerprint density at radius 3 is 2.34 bits per heavy atom. The van der Waals surface area contributed by atoms with Crippen LogP contribution in [-0.4, -0.2) is 40.5 Å². The van der Waals surface area contributed by atoms with E-state index in [2.05, 4.69) is 14.8 Å². The van der Waals surface area contributed by atoms with Crippen molar-refractivity contribution in [3.8, 4) is 28.6 Å². The number of hydrogen-bond donors (Lipinski definition) is 0. The van der Waals surface area contributed by atoms with Gasteiger partial charge in [0.15, 0.2) is 5.78 Å². The number of hydrogen-bond acceptors (Lipinski definition) is 7. The molecule has 7 nitrogen and oxygen atoms in total. The van der Waals surface area contributed by atoms with E-state index in [1.165, 1.54) is 11.8 Å². The number of aromatic nitrogens is 3. The zero-order valence-corrected chi connectivity index (χ0v) is 19.1. The fourth-order valence-corrected chi connectivity index (χ4v) is 4.19. The maximum atomic E-state index is 12.9. The van der Waals surface area contributed by atoms with Crippen LogP contribution in [0.2, 0.25) is 0 Å². The molecular formula is C24H23N3O4S. The Morgan fingerprint density at radius 2 is 1.69 bits per heavy atom. The van der Waals surface area contributed by atoms with E-state index in [9.17, 15) is 4.79 Å². The Balaban J connectivity index is 1.49. The van der Waals surface area contributed by atoms with Crippen LogP contribution in [0.1, 0.15) is 21.7 Å². The number of carbonyl (C=O) groups excluding carboxylic acids is 1. The van der Waals surface area contributed by atoms with Crippen LogP contribution < -0.4 is 9.47 Å². The number of benzene rings is 2. The molecule has 164 valence electrons. The van der Waals surface area contributed by atoms with E-state index in [1.54, 1.807) is 32.4 Å². The lowest BCUT2D eigenvalue weighted by atomic mass is 10.2. The lowest BCUT2D eigenvalue weighted by molar-refractivity contribution is 0.102. The van der Waals surface area contributed by atoms with Crippen molar-refractivity contribution in [3.63, 3.8) is 0 Å². The maximum Gasteiger partial charge on any atom is 0.277 e. The molecule has 0 atom stereocenters. The summed E-state index contributed by atoms with van der Waals surface area (Å²) in [6, 6.07) is 17.2. The van der Waals surface area contributed by atoms with Crippen molar-refractivity contribution in [1.29, 1.82) is 0 Å². The Morgan fingerprint density at radius 1 is 1.00 bits per heavy atom. The first-order valence-corrected chi connectivity index (χ1v) is 11.0. The van der Waals surface area contributed by atoms with Gasteiger partial charge in [-0.05, 0) is 44.2 Å². The molecule has 8 heteroatoms. The molecule has 0 saturated heterocycles. The van der Waals surface area contributed by atoms with E-state index in [1.807, 2.05) is 50.2 Å². The third-order valence-corrected chi connectivity index (χ3v) is 5.90. The SMILES string of the molecule is COc1cc(OC)cc(-c2nnc(SCC(=O)c3cc(C)n(-c4ccccc4)c3C)o2)c1. The second-order valence-corrected chi connectivity index (χ2v) is 8.07. The number of carbonyl (C=O) groups is 1. The second kappa shape index (κ2) is 9.32. The van der Waals surface area contributed by atoms with Crippen molar-refractivity contribution in [1.82, 2.24) is 14.8 Å². The summed E-state index contributed by atoms with van der Waals surface area (Å²) in [5.74, 6) is 1.78. The van der Waals surface area contributed by atoms with Crippen LogP contribution in [0.25, 0.3) is 17.1 Å². The fraction of sp³-hybridized carbons (Fsp3) is 0.208. The third kappa shape index (κ3) is 4.40. The van der Waals surface area contributed by atoms with Crippen LogP contribution >= 0.6 is 11.8 Å². The summed E-state index contributed by atoms with van der Waals surface area (Å²) in [7, 11) is 3.15. The highest BCUT2D eigenvalue weighted by atomic mass is 32.2. The first-order valence-electron chi connectivity index (χ1n) is 9.97. The monoisotopic (exact) mass is 449 g/mol. The highest BCUT2D eigenvalue weighted by Crippen LogP contribution is 2.31. The molecule has 0 aliphatic rings. The third-order valence-electron chi connectivity index (χ3n) is 5.08. The zero-order chi connectivity index (χ0) is 22.7. The van der Waals surface area contributed by atoms with Gasteiger partial charge in [0.25, 0.3) is 5.22 Å². The van der Waals surface area contributed by atoms with Gasteiger partial charge < -0.3 is 18.5 Å². The van der Waals surface area contributed by atoms with E-state index >= 15 is 0 Å². The molecule has 32 heavy (non-hydrogen) atoms. The number of ether oxygens (including phenoxy) is 2. The quantitative estimate of drug-likeness (QED) is 0.272. The van der Waals surface area contributed by atoms with Gasteiger partial charge in [0.05, 0.1) is 20.0 Å². The molecule has 0 radical (unpaired) electrons. The smallest absolute Gasteiger partial charge is 0.277 e. The summed E-state index contributed by atoms with van der Waals surface area (Å²) in [5, 5.41) is 8.49. The van der Waals surface area contributed by atoms with Crippen LogP contribution in [0.3, 0.4) is 0 Å². The number of nitrogens with zero attached hydrogens (tertiary/aromatic N) is 3. The molecule has 2 heterocycles. The molecule has 0 aliphatic heterocycles. The number of methoxy groups -OCH3 is 2. The Kier molecular flexibility index (Phi) is 6.32. The molecule has 2 aromatic heterocycles. The van der Waals surface area contributed by atoms with Gasteiger partial charge in [-0.25, -0.2) is 0 Å². The highest BCUT2D eigenvalue weighted by Gasteiger charge is 2.19. The zero-order valence-electron chi connectivity index (χ0n) is 18.3. The van der Waals surface area contributed by atoms with Gasteiger partial charge in [0.1, 0.15) is 11.5 Å². The predicted octanol–water partition coefficient (Wildman–Crippen LogP) is 5.14. The van der Waals surface area contributed by atoms with Crippen LogP contribution in [0, 0.1) is 13.8 Å². The van der Waals surface area contributed by atoms with Crippen molar-refractivity contribution in [3.05, 3.63) is 71.5 Å². The molecule has 0 fully saturated rings. The molecular weight excluding hydrogens is 426 g/mol. The number of para-hydroxylation sites is 1. The van der Waals surface area contributed by atoms with Crippen molar-refractivity contribution in [2.75, 3.05) is 20.0 Å². The summed E-state index contributed by atoms with van der Waals surface area (Å²) in [6.07, 6.45) is 0. The Hall–Kier alpha value is -3.52. The van der Waals surface area contributed by atoms with Gasteiger partial charge >= 0.3 is 0 Å². The van der Waals surface area contributed by atoms with Crippen molar-refractivity contribution < 1.29 is 18.7 Å². The minimum atomic E-state index is 0.00748. The molecule has 0 N–H and O–H groups in total. The van der Waals surface area contributed by atoms with E-state index in [0.29, 0.717) is 33.7 Å². The molecule has 0 spiro atoms. The van der Waals surface area contributed by atoms with Crippen LogP contribution in [0.4, 0.5) is 0 Å². The van der Waals surface area contributed by atoms with E-state index in [-0.39, 0.29) is 11.5 Å². The molecule has 0 amide bonds. The first kappa shape index (κ1) is 21.7. The van der Waals surface area contributed by atoms with Crippen LogP contribution in [0.5, 0.6) is 11.5 Å². The molecule has 4 aromatic rings. The average molecular weight is 450 g/mol. The van der Waals surface area contributed by atoms with Gasteiger partial charge in [-0.2, -0.15) is 0 Å². The lowest BCUT2D eigenvalue weighted by Gasteiger charge is -2.09. The normalized spacial score (nSPS) is 10.9. The molecule has 2 aromatic carbocycles. The molecule has 0 aliphatic carbocycles. The van der Waals surface area contributed by atoms with Crippen molar-refractivity contribution in [2.45, 2.75) is 19.1 Å². The Bertz CT molecular complexity index is 1230. The summed E-state index contributed by atoms with van der Waals surface area (Å²) >= 11 is 1.22. The Labute approximate surface area is 190 Å². The largest absolute Gasteiger partial charge is 0.497 e. The van der Waals surface area contributed by atoms with E-state index in [0.717, 1.165) is 17.1 Å². The maximum absolute atomic E-state index is 12.9. The number of ketones is 1. The first-order chi connectivity index (χ1) is 15.5. The van der Waals surface area contributed by atoms with E-state index in [4.69, 9.17) is 13.9 Å². The van der Waals surface area contributed by atoms with Gasteiger partial charge in [-0.15, -0.1) is 10.2 Å². The van der Waals surface area contributed by atoms with Crippen LogP contribution in [0.15, 0.2) is 64.2 Å². The van der Waals surface area contributed by atoms with Gasteiger partial charge in [-0.3, -0.25) is 4.79 Å². The number of thioether (sulfide) groups is 1. The fourth-order valence-electron chi connectivity index (χ4n) is 3.54. The van der Waals surface area contributed by atoms with Gasteiger partial charge in [0, 0.05) is 34.3 Å². The highest BCUT2D eigenvalue weighted by molar-refractivity contribution is 7.99. The minimum Gasteiger partial charge on any atom is -0.497 e.